The van der Waals surface area contributed by atoms with Crippen LogP contribution in [0.5, 0.6) is 11.5 Å². The molecule has 1 aliphatic heterocycles. The number of methoxy groups -OCH3 is 2. The Labute approximate surface area is 136 Å². The lowest BCUT2D eigenvalue weighted by Crippen LogP contribution is -2.36. The summed E-state index contributed by atoms with van der Waals surface area (Å²) in [6.45, 7) is 4.46. The number of benzene rings is 1. The Morgan fingerprint density at radius 1 is 1.23 bits per heavy atom. The molecule has 118 valence electrons. The molecule has 0 aliphatic carbocycles. The van der Waals surface area contributed by atoms with Gasteiger partial charge in [0.15, 0.2) is 11.5 Å². The predicted molar refractivity (Wildman–Crippen MR) is 91.3 cm³/mol. The minimum absolute atomic E-state index is 0.337. The third-order valence-corrected chi connectivity index (χ3v) is 5.22. The van der Waals surface area contributed by atoms with Crippen molar-refractivity contribution in [2.24, 2.45) is 0 Å². The highest BCUT2D eigenvalue weighted by Crippen LogP contribution is 2.42. The first-order valence-electron chi connectivity index (χ1n) is 7.80. The largest absolute Gasteiger partial charge is 0.493 e. The summed E-state index contributed by atoms with van der Waals surface area (Å²) < 4.78 is 11.0. The van der Waals surface area contributed by atoms with Gasteiger partial charge in [0.25, 0.3) is 0 Å². The molecular weight excluding hydrogens is 294 g/mol. The molecule has 0 fully saturated rings. The zero-order valence-corrected chi connectivity index (χ0v) is 14.3. The van der Waals surface area contributed by atoms with Crippen molar-refractivity contribution >= 4 is 11.3 Å². The zero-order valence-electron chi connectivity index (χ0n) is 13.5. The van der Waals surface area contributed by atoms with E-state index in [1.807, 2.05) is 11.3 Å². The molecule has 2 aromatic rings. The summed E-state index contributed by atoms with van der Waals surface area (Å²) in [5, 5.41) is 2.16. The Bertz CT molecular complexity index is 624. The first-order chi connectivity index (χ1) is 10.8. The lowest BCUT2D eigenvalue weighted by atomic mass is 9.90. The number of nitrogens with zero attached hydrogens (tertiary/aromatic N) is 1. The van der Waals surface area contributed by atoms with Crippen LogP contribution in [0.1, 0.15) is 35.4 Å². The van der Waals surface area contributed by atoms with E-state index in [0.29, 0.717) is 6.04 Å². The third kappa shape index (κ3) is 2.73. The maximum atomic E-state index is 5.52. The molecule has 0 bridgehead atoms. The van der Waals surface area contributed by atoms with E-state index in [0.717, 1.165) is 31.0 Å². The van der Waals surface area contributed by atoms with Gasteiger partial charge in [-0.2, -0.15) is 0 Å². The van der Waals surface area contributed by atoms with E-state index in [2.05, 4.69) is 41.5 Å². The second kappa shape index (κ2) is 6.71. The Balaban J connectivity index is 2.09. The number of hydrogen-bond donors (Lipinski definition) is 0. The van der Waals surface area contributed by atoms with Crippen molar-refractivity contribution in [3.05, 3.63) is 45.6 Å². The molecule has 1 aromatic heterocycles. The molecule has 0 saturated heterocycles. The molecular formula is C18H23NO2S. The van der Waals surface area contributed by atoms with Gasteiger partial charge in [0.1, 0.15) is 0 Å². The summed E-state index contributed by atoms with van der Waals surface area (Å²) >= 11 is 1.83. The second-order valence-corrected chi connectivity index (χ2v) is 6.59. The lowest BCUT2D eigenvalue weighted by Gasteiger charge is -2.37. The molecule has 2 heterocycles. The number of rotatable bonds is 5. The molecule has 22 heavy (non-hydrogen) atoms. The number of fused-ring (bicyclic) bond motifs is 1. The fourth-order valence-corrected chi connectivity index (χ4v) is 4.18. The Hall–Kier alpha value is -1.52. The van der Waals surface area contributed by atoms with Crippen LogP contribution in [0.3, 0.4) is 0 Å². The van der Waals surface area contributed by atoms with Crippen molar-refractivity contribution in [2.45, 2.75) is 25.8 Å². The molecule has 0 amide bonds. The van der Waals surface area contributed by atoms with Crippen LogP contribution in [0.4, 0.5) is 0 Å². The van der Waals surface area contributed by atoms with Crippen LogP contribution < -0.4 is 9.47 Å². The van der Waals surface area contributed by atoms with Crippen LogP contribution in [0.2, 0.25) is 0 Å². The quantitative estimate of drug-likeness (QED) is 0.828. The fourth-order valence-electron chi connectivity index (χ4n) is 3.31. The standard InChI is InChI=1S/C18H23NO2S/c1-4-8-19-9-7-13-11-15(20-2)16(21-3)12-14(13)18(19)17-6-5-10-22-17/h5-6,10-12,18H,4,7-9H2,1-3H3/t18-/m1/s1. The molecule has 0 N–H and O–H groups in total. The van der Waals surface area contributed by atoms with Crippen LogP contribution in [0, 0.1) is 0 Å². The van der Waals surface area contributed by atoms with E-state index < -0.39 is 0 Å². The van der Waals surface area contributed by atoms with Crippen molar-refractivity contribution in [1.29, 1.82) is 0 Å². The predicted octanol–water partition coefficient (Wildman–Crippen LogP) is 4.12. The van der Waals surface area contributed by atoms with E-state index in [9.17, 15) is 0 Å². The highest BCUT2D eigenvalue weighted by atomic mass is 32.1. The van der Waals surface area contributed by atoms with Gasteiger partial charge in [-0.25, -0.2) is 0 Å². The zero-order chi connectivity index (χ0) is 15.5. The Kier molecular flexibility index (Phi) is 4.69. The first kappa shape index (κ1) is 15.4. The van der Waals surface area contributed by atoms with Gasteiger partial charge < -0.3 is 9.47 Å². The van der Waals surface area contributed by atoms with Gasteiger partial charge in [-0.1, -0.05) is 13.0 Å². The average molecular weight is 317 g/mol. The molecule has 0 spiro atoms. The summed E-state index contributed by atoms with van der Waals surface area (Å²) in [4.78, 5) is 3.99. The van der Waals surface area contributed by atoms with Crippen LogP contribution in [0.15, 0.2) is 29.6 Å². The van der Waals surface area contributed by atoms with E-state index in [1.165, 1.54) is 22.4 Å². The Morgan fingerprint density at radius 3 is 2.64 bits per heavy atom. The molecule has 0 saturated carbocycles. The number of thiophene rings is 1. The Morgan fingerprint density at radius 2 is 2.00 bits per heavy atom. The van der Waals surface area contributed by atoms with Crippen molar-refractivity contribution < 1.29 is 9.47 Å². The molecule has 3 rings (SSSR count). The summed E-state index contributed by atoms with van der Waals surface area (Å²) in [6, 6.07) is 9.03. The normalized spacial score (nSPS) is 18.0. The molecule has 3 nitrogen and oxygen atoms in total. The second-order valence-electron chi connectivity index (χ2n) is 5.61. The molecule has 1 atom stereocenters. The van der Waals surface area contributed by atoms with Gasteiger partial charge in [0.05, 0.1) is 20.3 Å². The van der Waals surface area contributed by atoms with Crippen LogP contribution >= 0.6 is 11.3 Å². The minimum atomic E-state index is 0.337. The third-order valence-electron chi connectivity index (χ3n) is 4.30. The van der Waals surface area contributed by atoms with Gasteiger partial charge >= 0.3 is 0 Å². The number of ether oxygens (including phenoxy) is 2. The van der Waals surface area contributed by atoms with Crippen molar-refractivity contribution in [1.82, 2.24) is 4.90 Å². The van der Waals surface area contributed by atoms with Crippen LogP contribution in [-0.2, 0) is 6.42 Å². The van der Waals surface area contributed by atoms with E-state index in [4.69, 9.17) is 9.47 Å². The van der Waals surface area contributed by atoms with E-state index in [-0.39, 0.29) is 0 Å². The lowest BCUT2D eigenvalue weighted by molar-refractivity contribution is 0.215. The molecule has 0 unspecified atom stereocenters. The first-order valence-corrected chi connectivity index (χ1v) is 8.68. The van der Waals surface area contributed by atoms with Gasteiger partial charge in [-0.05, 0) is 54.1 Å². The van der Waals surface area contributed by atoms with Crippen LogP contribution in [-0.4, -0.2) is 32.2 Å². The fraction of sp³-hybridized carbons (Fsp3) is 0.444. The highest BCUT2D eigenvalue weighted by molar-refractivity contribution is 7.10. The van der Waals surface area contributed by atoms with Crippen molar-refractivity contribution in [3.8, 4) is 11.5 Å². The minimum Gasteiger partial charge on any atom is -0.493 e. The molecule has 1 aliphatic rings. The van der Waals surface area contributed by atoms with Gasteiger partial charge in [0.2, 0.25) is 0 Å². The maximum absolute atomic E-state index is 5.52. The molecule has 0 radical (unpaired) electrons. The van der Waals surface area contributed by atoms with Gasteiger partial charge in [-0.15, -0.1) is 11.3 Å². The van der Waals surface area contributed by atoms with E-state index in [1.54, 1.807) is 14.2 Å². The topological polar surface area (TPSA) is 21.7 Å². The van der Waals surface area contributed by atoms with E-state index >= 15 is 0 Å². The summed E-state index contributed by atoms with van der Waals surface area (Å²) in [5.74, 6) is 1.65. The smallest absolute Gasteiger partial charge is 0.161 e. The monoisotopic (exact) mass is 317 g/mol. The van der Waals surface area contributed by atoms with Crippen molar-refractivity contribution in [3.63, 3.8) is 0 Å². The average Bonchev–Trinajstić information content (AvgIpc) is 3.07. The van der Waals surface area contributed by atoms with Gasteiger partial charge in [-0.3, -0.25) is 4.90 Å². The van der Waals surface area contributed by atoms with Gasteiger partial charge in [0, 0.05) is 11.4 Å². The SMILES string of the molecule is CCCN1CCc2cc(OC)c(OC)cc2[C@@H]1c1cccs1. The molecule has 4 heteroatoms. The number of hydrogen-bond acceptors (Lipinski definition) is 4. The highest BCUT2D eigenvalue weighted by Gasteiger charge is 2.30. The summed E-state index contributed by atoms with van der Waals surface area (Å²) in [5.41, 5.74) is 2.74. The summed E-state index contributed by atoms with van der Waals surface area (Å²) in [7, 11) is 3.41. The maximum Gasteiger partial charge on any atom is 0.161 e. The van der Waals surface area contributed by atoms with Crippen molar-refractivity contribution in [2.75, 3.05) is 27.3 Å². The summed E-state index contributed by atoms with van der Waals surface area (Å²) in [6.07, 6.45) is 2.24. The molecule has 1 aromatic carbocycles. The van der Waals surface area contributed by atoms with Crippen LogP contribution in [0.25, 0.3) is 0 Å².